The van der Waals surface area contributed by atoms with Crippen LogP contribution in [0, 0.1) is 5.82 Å². The van der Waals surface area contributed by atoms with E-state index in [4.69, 9.17) is 13.9 Å². The van der Waals surface area contributed by atoms with Crippen molar-refractivity contribution >= 4 is 11.9 Å². The van der Waals surface area contributed by atoms with Gasteiger partial charge in [-0.2, -0.15) is 0 Å². The molecule has 6 heteroatoms. The normalized spacial score (nSPS) is 10.4. The molecule has 0 N–H and O–H groups in total. The van der Waals surface area contributed by atoms with Crippen LogP contribution in [0.5, 0.6) is 11.5 Å². The number of rotatable bonds is 6. The Hall–Kier alpha value is -3.93. The summed E-state index contributed by atoms with van der Waals surface area (Å²) in [6.45, 7) is 10.1. The lowest BCUT2D eigenvalue weighted by Crippen LogP contribution is -2.09. The largest absolute Gasteiger partial charge is 0.456 e. The Morgan fingerprint density at radius 2 is 1.37 bits per heavy atom. The van der Waals surface area contributed by atoms with E-state index in [2.05, 4.69) is 13.2 Å². The first-order chi connectivity index (χ1) is 14.3. The van der Waals surface area contributed by atoms with Crippen LogP contribution in [-0.4, -0.2) is 11.9 Å². The summed E-state index contributed by atoms with van der Waals surface area (Å²) < 4.78 is 31.0. The molecule has 0 saturated carbocycles. The van der Waals surface area contributed by atoms with Gasteiger partial charge in [0, 0.05) is 11.1 Å². The highest BCUT2D eigenvalue weighted by Crippen LogP contribution is 2.38. The highest BCUT2D eigenvalue weighted by atomic mass is 19.1. The predicted molar refractivity (Wildman–Crippen MR) is 110 cm³/mol. The van der Waals surface area contributed by atoms with Crippen molar-refractivity contribution in [1.29, 1.82) is 0 Å². The van der Waals surface area contributed by atoms with E-state index >= 15 is 0 Å². The Morgan fingerprint density at radius 3 is 2.03 bits per heavy atom. The average Bonchev–Trinajstić information content (AvgIpc) is 3.17. The zero-order chi connectivity index (χ0) is 21.8. The van der Waals surface area contributed by atoms with Crippen molar-refractivity contribution in [3.05, 3.63) is 84.7 Å². The molecule has 0 fully saturated rings. The van der Waals surface area contributed by atoms with Crippen LogP contribution in [0.3, 0.4) is 0 Å². The molecule has 5 nitrogen and oxygen atoms in total. The van der Waals surface area contributed by atoms with Crippen LogP contribution in [0.2, 0.25) is 0 Å². The smallest absolute Gasteiger partial charge is 0.338 e. The van der Waals surface area contributed by atoms with Crippen LogP contribution in [0.4, 0.5) is 4.39 Å². The molecule has 0 spiro atoms. The van der Waals surface area contributed by atoms with Gasteiger partial charge in [0.1, 0.15) is 28.8 Å². The molecule has 1 aromatic heterocycles. The van der Waals surface area contributed by atoms with Crippen LogP contribution in [-0.2, 0) is 9.59 Å². The molecule has 0 aliphatic heterocycles. The number of esters is 2. The SMILES string of the molecule is C=C(C)C(=O)Oc1ccccc1-c1ccc(-c2c(F)cccc2OC(=O)C(=C)C)o1. The minimum Gasteiger partial charge on any atom is -0.456 e. The molecule has 3 rings (SSSR count). The summed E-state index contributed by atoms with van der Waals surface area (Å²) in [6, 6.07) is 14.1. The number of ether oxygens (including phenoxy) is 2. The summed E-state index contributed by atoms with van der Waals surface area (Å²) in [5.41, 5.74) is 0.920. The predicted octanol–water partition coefficient (Wildman–Crippen LogP) is 5.72. The van der Waals surface area contributed by atoms with E-state index in [1.165, 1.54) is 25.1 Å². The van der Waals surface area contributed by atoms with Gasteiger partial charge < -0.3 is 13.9 Å². The molecule has 1 heterocycles. The minimum atomic E-state index is -0.675. The Labute approximate surface area is 173 Å². The van der Waals surface area contributed by atoms with Crippen LogP contribution < -0.4 is 9.47 Å². The van der Waals surface area contributed by atoms with Gasteiger partial charge in [-0.25, -0.2) is 14.0 Å². The molecule has 0 aliphatic carbocycles. The van der Waals surface area contributed by atoms with Crippen LogP contribution in [0.15, 0.2) is 83.3 Å². The molecule has 152 valence electrons. The quantitative estimate of drug-likeness (QED) is 0.298. The van der Waals surface area contributed by atoms with E-state index in [9.17, 15) is 14.0 Å². The van der Waals surface area contributed by atoms with Gasteiger partial charge in [-0.1, -0.05) is 31.4 Å². The standard InChI is InChI=1S/C24H19FO5/c1-14(2)23(26)29-18-10-6-5-8-16(18)19-12-13-21(28-19)22-17(25)9-7-11-20(22)30-24(27)15(3)4/h5-13H,1,3H2,2,4H3. The lowest BCUT2D eigenvalue weighted by Gasteiger charge is -2.10. The third-order valence-electron chi connectivity index (χ3n) is 4.08. The van der Waals surface area contributed by atoms with Gasteiger partial charge in [-0.3, -0.25) is 0 Å². The molecule has 3 aromatic rings. The van der Waals surface area contributed by atoms with E-state index in [0.717, 1.165) is 0 Å². The molecule has 0 unspecified atom stereocenters. The number of carbonyl (C=O) groups is 2. The maximum absolute atomic E-state index is 14.6. The van der Waals surface area contributed by atoms with Crippen molar-refractivity contribution in [3.63, 3.8) is 0 Å². The number of hydrogen-bond acceptors (Lipinski definition) is 5. The van der Waals surface area contributed by atoms with E-state index < -0.39 is 17.8 Å². The molecule has 0 saturated heterocycles. The summed E-state index contributed by atoms with van der Waals surface area (Å²) in [6.07, 6.45) is 0. The molecule has 2 aromatic carbocycles. The van der Waals surface area contributed by atoms with Gasteiger partial charge in [-0.05, 0) is 50.2 Å². The van der Waals surface area contributed by atoms with Gasteiger partial charge in [0.15, 0.2) is 0 Å². The summed E-state index contributed by atoms with van der Waals surface area (Å²) in [5, 5.41) is 0. The lowest BCUT2D eigenvalue weighted by molar-refractivity contribution is -0.130. The van der Waals surface area contributed by atoms with Gasteiger partial charge in [0.25, 0.3) is 0 Å². The Morgan fingerprint density at radius 1 is 0.800 bits per heavy atom. The van der Waals surface area contributed by atoms with Crippen LogP contribution in [0.25, 0.3) is 22.6 Å². The average molecular weight is 406 g/mol. The summed E-state index contributed by atoms with van der Waals surface area (Å²) >= 11 is 0. The van der Waals surface area contributed by atoms with Crippen molar-refractivity contribution in [3.8, 4) is 34.1 Å². The third-order valence-corrected chi connectivity index (χ3v) is 4.08. The third kappa shape index (κ3) is 4.38. The van der Waals surface area contributed by atoms with Gasteiger partial charge in [-0.15, -0.1) is 0 Å². The zero-order valence-electron chi connectivity index (χ0n) is 16.5. The van der Waals surface area contributed by atoms with Crippen molar-refractivity contribution in [2.24, 2.45) is 0 Å². The number of benzene rings is 2. The molecule has 0 aliphatic rings. The summed E-state index contributed by atoms with van der Waals surface area (Å²) in [7, 11) is 0. The Bertz CT molecular complexity index is 1160. The van der Waals surface area contributed by atoms with Gasteiger partial charge >= 0.3 is 11.9 Å². The number of para-hydroxylation sites is 1. The second kappa shape index (κ2) is 8.61. The zero-order valence-corrected chi connectivity index (χ0v) is 16.5. The van der Waals surface area contributed by atoms with Crippen LogP contribution in [0.1, 0.15) is 13.8 Å². The van der Waals surface area contributed by atoms with Gasteiger partial charge in [0.05, 0.1) is 11.1 Å². The second-order valence-corrected chi connectivity index (χ2v) is 6.61. The topological polar surface area (TPSA) is 65.7 Å². The van der Waals surface area contributed by atoms with Crippen molar-refractivity contribution in [2.45, 2.75) is 13.8 Å². The highest BCUT2D eigenvalue weighted by molar-refractivity contribution is 5.91. The fourth-order valence-electron chi connectivity index (χ4n) is 2.58. The number of hydrogen-bond donors (Lipinski definition) is 0. The molecular formula is C24H19FO5. The fraction of sp³-hybridized carbons (Fsp3) is 0.0833. The first-order valence-electron chi connectivity index (χ1n) is 9.01. The maximum atomic E-state index is 14.6. The lowest BCUT2D eigenvalue weighted by atomic mass is 10.1. The summed E-state index contributed by atoms with van der Waals surface area (Å²) in [5.74, 6) is -1.10. The monoisotopic (exact) mass is 406 g/mol. The second-order valence-electron chi connectivity index (χ2n) is 6.61. The first-order valence-corrected chi connectivity index (χ1v) is 9.01. The number of halogens is 1. The van der Waals surface area contributed by atoms with Crippen molar-refractivity contribution in [2.75, 3.05) is 0 Å². The Kier molecular flexibility index (Phi) is 5.97. The minimum absolute atomic E-state index is 0.00485. The fourth-order valence-corrected chi connectivity index (χ4v) is 2.58. The van der Waals surface area contributed by atoms with Gasteiger partial charge in [0.2, 0.25) is 0 Å². The number of furan rings is 1. The highest BCUT2D eigenvalue weighted by Gasteiger charge is 2.20. The summed E-state index contributed by atoms with van der Waals surface area (Å²) in [4.78, 5) is 23.8. The Balaban J connectivity index is 2.01. The van der Waals surface area contributed by atoms with Crippen LogP contribution >= 0.6 is 0 Å². The molecular weight excluding hydrogens is 387 g/mol. The molecule has 0 bridgehead atoms. The van der Waals surface area contributed by atoms with Crippen molar-refractivity contribution < 1.29 is 27.9 Å². The first kappa shape index (κ1) is 20.8. The maximum Gasteiger partial charge on any atom is 0.338 e. The molecule has 0 radical (unpaired) electrons. The van der Waals surface area contributed by atoms with E-state index in [1.54, 1.807) is 43.3 Å². The molecule has 0 amide bonds. The number of carbonyl (C=O) groups excluding carboxylic acids is 2. The van der Waals surface area contributed by atoms with E-state index in [1.807, 2.05) is 0 Å². The molecule has 0 atom stereocenters. The van der Waals surface area contributed by atoms with Crippen molar-refractivity contribution in [1.82, 2.24) is 0 Å². The van der Waals surface area contributed by atoms with E-state index in [-0.39, 0.29) is 34.0 Å². The van der Waals surface area contributed by atoms with E-state index in [0.29, 0.717) is 11.3 Å². The molecule has 30 heavy (non-hydrogen) atoms.